The van der Waals surface area contributed by atoms with Gasteiger partial charge in [-0.25, -0.2) is 0 Å². The molecule has 0 N–H and O–H groups in total. The van der Waals surface area contributed by atoms with E-state index in [4.69, 9.17) is 16.3 Å². The topological polar surface area (TPSA) is 48.3 Å². The van der Waals surface area contributed by atoms with Crippen molar-refractivity contribution in [3.8, 4) is 0 Å². The van der Waals surface area contributed by atoms with Gasteiger partial charge in [-0.3, -0.25) is 9.59 Å². The molecule has 0 unspecified atom stereocenters. The Kier molecular flexibility index (Phi) is 4.34. The van der Waals surface area contributed by atoms with E-state index in [0.717, 1.165) is 0 Å². The number of aromatic nitrogens is 1. The smallest absolute Gasteiger partial charge is 0.308 e. The fourth-order valence-electron chi connectivity index (χ4n) is 1.28. The van der Waals surface area contributed by atoms with Gasteiger partial charge in [0.2, 0.25) is 0 Å². The van der Waals surface area contributed by atoms with Crippen LogP contribution in [0.2, 0.25) is 5.02 Å². The lowest BCUT2D eigenvalue weighted by atomic mass is 10.2. The van der Waals surface area contributed by atoms with Crippen LogP contribution in [0.15, 0.2) is 23.1 Å². The Morgan fingerprint density at radius 3 is 2.65 bits per heavy atom. The second kappa shape index (κ2) is 5.36. The van der Waals surface area contributed by atoms with Crippen molar-refractivity contribution < 1.29 is 9.53 Å². The highest BCUT2D eigenvalue weighted by Crippen LogP contribution is 2.09. The first-order valence-electron chi connectivity index (χ1n) is 5.36. The molecular weight excluding hydrogens is 242 g/mol. The van der Waals surface area contributed by atoms with Crippen LogP contribution in [0.1, 0.15) is 27.2 Å². The van der Waals surface area contributed by atoms with Crippen molar-refractivity contribution in [2.24, 2.45) is 0 Å². The van der Waals surface area contributed by atoms with Gasteiger partial charge in [0.1, 0.15) is 5.60 Å². The Morgan fingerprint density at radius 1 is 1.41 bits per heavy atom. The van der Waals surface area contributed by atoms with Crippen LogP contribution in [-0.4, -0.2) is 16.1 Å². The van der Waals surface area contributed by atoms with Crippen molar-refractivity contribution in [1.82, 2.24) is 4.57 Å². The third-order valence-corrected chi connectivity index (χ3v) is 2.15. The molecule has 4 nitrogen and oxygen atoms in total. The number of nitrogens with zero attached hydrogens (tertiary/aromatic N) is 1. The van der Waals surface area contributed by atoms with Crippen LogP contribution < -0.4 is 5.56 Å². The molecule has 1 aromatic heterocycles. The Morgan fingerprint density at radius 2 is 2.06 bits per heavy atom. The van der Waals surface area contributed by atoms with Crippen LogP contribution in [-0.2, 0) is 16.1 Å². The molecule has 0 aliphatic carbocycles. The van der Waals surface area contributed by atoms with E-state index in [-0.39, 0.29) is 24.5 Å². The van der Waals surface area contributed by atoms with E-state index >= 15 is 0 Å². The highest BCUT2D eigenvalue weighted by atomic mass is 35.5. The highest BCUT2D eigenvalue weighted by molar-refractivity contribution is 6.30. The van der Waals surface area contributed by atoms with E-state index in [1.807, 2.05) is 0 Å². The maximum Gasteiger partial charge on any atom is 0.308 e. The van der Waals surface area contributed by atoms with Crippen molar-refractivity contribution in [3.63, 3.8) is 0 Å². The van der Waals surface area contributed by atoms with Crippen LogP contribution in [0.25, 0.3) is 0 Å². The van der Waals surface area contributed by atoms with E-state index in [1.165, 1.54) is 22.9 Å². The third kappa shape index (κ3) is 5.04. The summed E-state index contributed by atoms with van der Waals surface area (Å²) in [6.07, 6.45) is 1.66. The quantitative estimate of drug-likeness (QED) is 0.781. The van der Waals surface area contributed by atoms with Crippen LogP contribution in [0.3, 0.4) is 0 Å². The number of hydrogen-bond acceptors (Lipinski definition) is 3. The fraction of sp³-hybridized carbons (Fsp3) is 0.500. The Hall–Kier alpha value is -1.29. The summed E-state index contributed by atoms with van der Waals surface area (Å²) < 4.78 is 6.54. The second-order valence-electron chi connectivity index (χ2n) is 4.72. The molecule has 1 aromatic rings. The molecule has 0 spiro atoms. The summed E-state index contributed by atoms with van der Waals surface area (Å²) in [6.45, 7) is 5.68. The first kappa shape index (κ1) is 13.8. The predicted molar refractivity (Wildman–Crippen MR) is 66.2 cm³/mol. The molecule has 0 saturated heterocycles. The van der Waals surface area contributed by atoms with Gasteiger partial charge in [0.15, 0.2) is 0 Å². The number of ether oxygens (including phenoxy) is 1. The van der Waals surface area contributed by atoms with E-state index in [1.54, 1.807) is 20.8 Å². The number of rotatable bonds is 3. The summed E-state index contributed by atoms with van der Waals surface area (Å²) in [5, 5.41) is 0.466. The number of carbonyl (C=O) groups is 1. The number of halogens is 1. The van der Waals surface area contributed by atoms with Crippen LogP contribution >= 0.6 is 11.6 Å². The number of esters is 1. The molecule has 0 aliphatic heterocycles. The Bertz CT molecular complexity index is 460. The van der Waals surface area contributed by atoms with Gasteiger partial charge in [0, 0.05) is 18.8 Å². The van der Waals surface area contributed by atoms with E-state index in [2.05, 4.69) is 0 Å². The summed E-state index contributed by atoms with van der Waals surface area (Å²) >= 11 is 5.76. The number of aryl methyl sites for hydroxylation is 1. The van der Waals surface area contributed by atoms with Gasteiger partial charge < -0.3 is 9.30 Å². The number of pyridine rings is 1. The maximum atomic E-state index is 11.5. The molecule has 94 valence electrons. The minimum absolute atomic E-state index is 0.150. The molecule has 0 aliphatic rings. The van der Waals surface area contributed by atoms with Gasteiger partial charge in [0.05, 0.1) is 11.4 Å². The fourth-order valence-corrected chi connectivity index (χ4v) is 1.46. The SMILES string of the molecule is CC(C)(C)OC(=O)CCn1cc(Cl)ccc1=O. The zero-order valence-corrected chi connectivity index (χ0v) is 11.0. The molecular formula is C12H16ClNO3. The largest absolute Gasteiger partial charge is 0.460 e. The Balaban J connectivity index is 2.59. The summed E-state index contributed by atoms with van der Waals surface area (Å²) in [5.41, 5.74) is -0.686. The van der Waals surface area contributed by atoms with E-state index in [9.17, 15) is 9.59 Å². The number of carbonyl (C=O) groups excluding carboxylic acids is 1. The van der Waals surface area contributed by atoms with Gasteiger partial charge in [-0.15, -0.1) is 0 Å². The van der Waals surface area contributed by atoms with Crippen molar-refractivity contribution in [1.29, 1.82) is 0 Å². The van der Waals surface area contributed by atoms with Gasteiger partial charge in [0.25, 0.3) is 5.56 Å². The van der Waals surface area contributed by atoms with Crippen molar-refractivity contribution in [3.05, 3.63) is 33.7 Å². The maximum absolute atomic E-state index is 11.5. The highest BCUT2D eigenvalue weighted by Gasteiger charge is 2.15. The van der Waals surface area contributed by atoms with E-state index < -0.39 is 5.60 Å². The second-order valence-corrected chi connectivity index (χ2v) is 5.15. The Labute approximate surface area is 105 Å². The summed E-state index contributed by atoms with van der Waals surface area (Å²) in [7, 11) is 0. The van der Waals surface area contributed by atoms with Crippen LogP contribution in [0.4, 0.5) is 0 Å². The molecule has 0 fully saturated rings. The van der Waals surface area contributed by atoms with Gasteiger partial charge in [-0.1, -0.05) is 11.6 Å². The molecule has 0 saturated carbocycles. The van der Waals surface area contributed by atoms with Crippen molar-refractivity contribution >= 4 is 17.6 Å². The summed E-state index contributed by atoms with van der Waals surface area (Å²) in [6, 6.07) is 2.89. The minimum atomic E-state index is -0.504. The lowest BCUT2D eigenvalue weighted by Crippen LogP contribution is -2.26. The lowest BCUT2D eigenvalue weighted by molar-refractivity contribution is -0.155. The van der Waals surface area contributed by atoms with Gasteiger partial charge in [-0.2, -0.15) is 0 Å². The normalized spacial score (nSPS) is 11.3. The van der Waals surface area contributed by atoms with Crippen molar-refractivity contribution in [2.75, 3.05) is 0 Å². The average molecular weight is 258 g/mol. The molecule has 5 heteroatoms. The van der Waals surface area contributed by atoms with E-state index in [0.29, 0.717) is 5.02 Å². The van der Waals surface area contributed by atoms with Gasteiger partial charge in [-0.05, 0) is 26.8 Å². The number of hydrogen-bond donors (Lipinski definition) is 0. The molecule has 1 rings (SSSR count). The monoisotopic (exact) mass is 257 g/mol. The molecule has 0 atom stereocenters. The molecule has 0 aromatic carbocycles. The van der Waals surface area contributed by atoms with Gasteiger partial charge >= 0.3 is 5.97 Å². The average Bonchev–Trinajstić information content (AvgIpc) is 2.17. The third-order valence-electron chi connectivity index (χ3n) is 1.92. The zero-order chi connectivity index (χ0) is 13.1. The molecule has 17 heavy (non-hydrogen) atoms. The van der Waals surface area contributed by atoms with Crippen LogP contribution in [0, 0.1) is 0 Å². The first-order valence-corrected chi connectivity index (χ1v) is 5.73. The molecule has 0 radical (unpaired) electrons. The standard InChI is InChI=1S/C12H16ClNO3/c1-12(2,3)17-11(16)6-7-14-8-9(13)4-5-10(14)15/h4-5,8H,6-7H2,1-3H3. The lowest BCUT2D eigenvalue weighted by Gasteiger charge is -2.19. The first-order chi connectivity index (χ1) is 7.78. The molecule has 0 amide bonds. The summed E-state index contributed by atoms with van der Waals surface area (Å²) in [5.74, 6) is -0.329. The van der Waals surface area contributed by atoms with Crippen LogP contribution in [0.5, 0.6) is 0 Å². The predicted octanol–water partition coefficient (Wildman–Crippen LogP) is 2.23. The molecule has 1 heterocycles. The summed E-state index contributed by atoms with van der Waals surface area (Å²) in [4.78, 5) is 22.9. The minimum Gasteiger partial charge on any atom is -0.460 e. The zero-order valence-electron chi connectivity index (χ0n) is 10.2. The molecule has 0 bridgehead atoms. The van der Waals surface area contributed by atoms with Crippen molar-refractivity contribution in [2.45, 2.75) is 39.3 Å².